The van der Waals surface area contributed by atoms with Gasteiger partial charge >= 0.3 is 0 Å². The second-order valence-corrected chi connectivity index (χ2v) is 8.51. The van der Waals surface area contributed by atoms with Gasteiger partial charge in [0.05, 0.1) is 31.7 Å². The first-order valence-corrected chi connectivity index (χ1v) is 11.0. The van der Waals surface area contributed by atoms with Crippen LogP contribution in [0.5, 0.6) is 5.75 Å². The van der Waals surface area contributed by atoms with Gasteiger partial charge in [0.25, 0.3) is 0 Å². The zero-order valence-electron chi connectivity index (χ0n) is 17.9. The Morgan fingerprint density at radius 2 is 2.03 bits per heavy atom. The minimum atomic E-state index is -0.0766. The topological polar surface area (TPSA) is 103 Å². The monoisotopic (exact) mass is 427 g/mol. The Labute approximate surface area is 182 Å². The van der Waals surface area contributed by atoms with Gasteiger partial charge in [0.15, 0.2) is 0 Å². The van der Waals surface area contributed by atoms with E-state index in [4.69, 9.17) is 4.74 Å². The molecule has 3 N–H and O–H groups in total. The number of hydrogen-bond donors (Lipinski definition) is 3. The fourth-order valence-electron chi connectivity index (χ4n) is 4.77. The van der Waals surface area contributed by atoms with Crippen molar-refractivity contribution in [2.24, 2.45) is 11.8 Å². The molecule has 1 aromatic heterocycles. The maximum atomic E-state index is 12.6. The minimum Gasteiger partial charge on any atom is -0.487 e. The summed E-state index contributed by atoms with van der Waals surface area (Å²) in [5.74, 6) is 1.33. The SMILES string of the molecule is CC(=O)NCCNC(=O)[C@H]1C[NH+]2CC[C@@H]1C[C@@H]2Cn1cc(COc2ccccc2)nn1. The number of aromatic nitrogens is 3. The second kappa shape index (κ2) is 9.91. The lowest BCUT2D eigenvalue weighted by Crippen LogP contribution is -3.20. The van der Waals surface area contributed by atoms with Crippen LogP contribution >= 0.6 is 0 Å². The van der Waals surface area contributed by atoms with Crippen molar-refractivity contribution in [2.75, 3.05) is 26.2 Å². The number of nitrogens with one attached hydrogen (secondary N) is 3. The van der Waals surface area contributed by atoms with Gasteiger partial charge in [-0.2, -0.15) is 0 Å². The van der Waals surface area contributed by atoms with E-state index in [-0.39, 0.29) is 17.7 Å². The maximum Gasteiger partial charge on any atom is 0.229 e. The van der Waals surface area contributed by atoms with Gasteiger partial charge in [-0.05, 0) is 18.1 Å². The van der Waals surface area contributed by atoms with Crippen molar-refractivity contribution in [3.8, 4) is 5.75 Å². The number of para-hydroxylation sites is 1. The highest BCUT2D eigenvalue weighted by atomic mass is 16.5. The molecule has 3 aliphatic rings. The molecule has 2 aromatic rings. The molecule has 9 heteroatoms. The van der Waals surface area contributed by atoms with Gasteiger partial charge in [0, 0.05) is 32.9 Å². The van der Waals surface area contributed by atoms with Crippen molar-refractivity contribution in [3.63, 3.8) is 0 Å². The van der Waals surface area contributed by atoms with E-state index in [1.807, 2.05) is 41.2 Å². The number of quaternary nitrogens is 1. The van der Waals surface area contributed by atoms with E-state index in [1.54, 1.807) is 0 Å². The molecule has 166 valence electrons. The van der Waals surface area contributed by atoms with E-state index in [2.05, 4.69) is 20.9 Å². The first-order chi connectivity index (χ1) is 15.1. The van der Waals surface area contributed by atoms with Gasteiger partial charge in [0.1, 0.15) is 24.1 Å². The number of carbonyl (C=O) groups excluding carboxylic acids is 2. The Morgan fingerprint density at radius 3 is 2.77 bits per heavy atom. The summed E-state index contributed by atoms with van der Waals surface area (Å²) in [5, 5.41) is 14.2. The number of fused-ring (bicyclic) bond motifs is 3. The molecule has 0 spiro atoms. The molecule has 0 radical (unpaired) electrons. The summed E-state index contributed by atoms with van der Waals surface area (Å²) in [4.78, 5) is 25.0. The minimum absolute atomic E-state index is 0.0582. The summed E-state index contributed by atoms with van der Waals surface area (Å²) >= 11 is 0. The zero-order chi connectivity index (χ0) is 21.6. The first-order valence-electron chi connectivity index (χ1n) is 11.0. The fraction of sp³-hybridized carbons (Fsp3) is 0.545. The third-order valence-corrected chi connectivity index (χ3v) is 6.31. The van der Waals surface area contributed by atoms with Crippen molar-refractivity contribution >= 4 is 11.8 Å². The lowest BCUT2D eigenvalue weighted by atomic mass is 9.75. The van der Waals surface area contributed by atoms with Crippen LogP contribution in [0.3, 0.4) is 0 Å². The molecule has 3 fully saturated rings. The Bertz CT molecular complexity index is 886. The first kappa shape index (κ1) is 21.3. The largest absolute Gasteiger partial charge is 0.487 e. The molecular formula is C22H31N6O3+. The Morgan fingerprint density at radius 1 is 1.23 bits per heavy atom. The molecule has 9 nitrogen and oxygen atoms in total. The Hall–Kier alpha value is -2.94. The molecule has 4 heterocycles. The molecular weight excluding hydrogens is 396 g/mol. The summed E-state index contributed by atoms with van der Waals surface area (Å²) in [5.41, 5.74) is 0.811. The molecule has 3 saturated heterocycles. The van der Waals surface area contributed by atoms with Gasteiger partial charge in [-0.3, -0.25) is 9.59 Å². The molecule has 1 unspecified atom stereocenters. The van der Waals surface area contributed by atoms with Gasteiger partial charge in [-0.1, -0.05) is 23.4 Å². The summed E-state index contributed by atoms with van der Waals surface area (Å²) in [6, 6.07) is 10.1. The van der Waals surface area contributed by atoms with Gasteiger partial charge < -0.3 is 20.3 Å². The van der Waals surface area contributed by atoms with Crippen molar-refractivity contribution in [3.05, 3.63) is 42.2 Å². The van der Waals surface area contributed by atoms with Gasteiger partial charge in [0.2, 0.25) is 11.8 Å². The highest BCUT2D eigenvalue weighted by molar-refractivity contribution is 5.79. The van der Waals surface area contributed by atoms with E-state index in [0.29, 0.717) is 31.7 Å². The van der Waals surface area contributed by atoms with Crippen LogP contribution in [0, 0.1) is 11.8 Å². The van der Waals surface area contributed by atoms with Crippen LogP contribution < -0.4 is 20.3 Å². The summed E-state index contributed by atoms with van der Waals surface area (Å²) in [7, 11) is 0. The van der Waals surface area contributed by atoms with Crippen LogP contribution in [0.1, 0.15) is 25.5 Å². The summed E-state index contributed by atoms with van der Waals surface area (Å²) in [6.07, 6.45) is 4.07. The molecule has 0 saturated carbocycles. The van der Waals surface area contributed by atoms with Gasteiger partial charge in [-0.25, -0.2) is 4.68 Å². The maximum absolute atomic E-state index is 12.6. The predicted octanol–water partition coefficient (Wildman–Crippen LogP) is -0.597. The predicted molar refractivity (Wildman–Crippen MR) is 113 cm³/mol. The summed E-state index contributed by atoms with van der Waals surface area (Å²) in [6.45, 7) is 5.60. The Balaban J connectivity index is 1.25. The highest BCUT2D eigenvalue weighted by Gasteiger charge is 2.46. The lowest BCUT2D eigenvalue weighted by Gasteiger charge is -2.46. The number of rotatable bonds is 9. The summed E-state index contributed by atoms with van der Waals surface area (Å²) < 4.78 is 7.66. The number of carbonyl (C=O) groups is 2. The molecule has 4 atom stereocenters. The standard InChI is InChI=1S/C22H30N6O3/c1-16(29)23-8-9-24-22(30)21-14-27-10-7-17(21)11-19(27)13-28-12-18(25-26-28)15-31-20-5-3-2-4-6-20/h2-6,12,17,19,21H,7-11,13-15H2,1H3,(H,23,29)(H,24,30)/p+1/t17-,19-,21+/m1/s1. The van der Waals surface area contributed by atoms with E-state index >= 15 is 0 Å². The zero-order valence-corrected chi connectivity index (χ0v) is 17.9. The smallest absolute Gasteiger partial charge is 0.229 e. The Kier molecular flexibility index (Phi) is 6.81. The van der Waals surface area contributed by atoms with Crippen molar-refractivity contribution in [1.82, 2.24) is 25.6 Å². The molecule has 5 rings (SSSR count). The number of amides is 2. The fourth-order valence-corrected chi connectivity index (χ4v) is 4.77. The number of benzene rings is 1. The van der Waals surface area contributed by atoms with Crippen LogP contribution in [-0.2, 0) is 22.7 Å². The molecule has 0 aliphatic carbocycles. The van der Waals surface area contributed by atoms with E-state index in [1.165, 1.54) is 11.8 Å². The normalized spacial score (nSPS) is 24.5. The highest BCUT2D eigenvalue weighted by Crippen LogP contribution is 2.27. The van der Waals surface area contributed by atoms with Crippen molar-refractivity contribution in [2.45, 2.75) is 39.0 Å². The second-order valence-electron chi connectivity index (χ2n) is 8.51. The molecule has 2 bridgehead atoms. The average molecular weight is 428 g/mol. The molecule has 1 aromatic carbocycles. The van der Waals surface area contributed by atoms with Gasteiger partial charge in [-0.15, -0.1) is 5.10 Å². The number of ether oxygens (including phenoxy) is 1. The van der Waals surface area contributed by atoms with E-state index < -0.39 is 0 Å². The lowest BCUT2D eigenvalue weighted by molar-refractivity contribution is -0.945. The number of piperidine rings is 3. The van der Waals surface area contributed by atoms with Crippen LogP contribution in [0.25, 0.3) is 0 Å². The number of hydrogen-bond acceptors (Lipinski definition) is 5. The third kappa shape index (κ3) is 5.61. The third-order valence-electron chi connectivity index (χ3n) is 6.31. The van der Waals surface area contributed by atoms with Crippen LogP contribution in [0.2, 0.25) is 0 Å². The number of nitrogens with zero attached hydrogens (tertiary/aromatic N) is 3. The van der Waals surface area contributed by atoms with Crippen LogP contribution in [0.4, 0.5) is 0 Å². The quantitative estimate of drug-likeness (QED) is 0.464. The molecule has 31 heavy (non-hydrogen) atoms. The average Bonchev–Trinajstić information content (AvgIpc) is 3.23. The van der Waals surface area contributed by atoms with Crippen LogP contribution in [-0.4, -0.2) is 59.0 Å². The van der Waals surface area contributed by atoms with Crippen molar-refractivity contribution < 1.29 is 19.2 Å². The van der Waals surface area contributed by atoms with Crippen molar-refractivity contribution in [1.29, 1.82) is 0 Å². The molecule has 2 amide bonds. The van der Waals surface area contributed by atoms with E-state index in [9.17, 15) is 9.59 Å². The van der Waals surface area contributed by atoms with Crippen LogP contribution in [0.15, 0.2) is 36.5 Å². The van der Waals surface area contributed by atoms with E-state index in [0.717, 1.165) is 43.9 Å². The molecule has 3 aliphatic heterocycles.